The molecule has 4 N–H and O–H groups in total. The highest BCUT2D eigenvalue weighted by atomic mass is 19.3. The van der Waals surface area contributed by atoms with Crippen LogP contribution in [-0.2, 0) is 4.79 Å². The summed E-state index contributed by atoms with van der Waals surface area (Å²) in [5.41, 5.74) is 11.5. The van der Waals surface area contributed by atoms with Crippen molar-refractivity contribution in [3.05, 3.63) is 17.9 Å². The van der Waals surface area contributed by atoms with Gasteiger partial charge in [-0.05, 0) is 12.8 Å². The highest BCUT2D eigenvalue weighted by Crippen LogP contribution is 2.34. The largest absolute Gasteiger partial charge is 0.432 e. The third-order valence-electron chi connectivity index (χ3n) is 3.46. The van der Waals surface area contributed by atoms with Crippen molar-refractivity contribution in [2.24, 2.45) is 11.7 Å². The summed E-state index contributed by atoms with van der Waals surface area (Å²) in [7, 11) is 0. The molecular formula is C13H16F3N3O2. The second-order valence-corrected chi connectivity index (χ2v) is 4.91. The minimum atomic E-state index is -3.13. The average molecular weight is 303 g/mol. The van der Waals surface area contributed by atoms with Crippen molar-refractivity contribution < 1.29 is 22.7 Å². The van der Waals surface area contributed by atoms with Gasteiger partial charge in [0.1, 0.15) is 0 Å². The van der Waals surface area contributed by atoms with E-state index in [-0.39, 0.29) is 11.6 Å². The number of hydrogen-bond donors (Lipinski definition) is 2. The quantitative estimate of drug-likeness (QED) is 0.830. The Morgan fingerprint density at radius 1 is 1.43 bits per heavy atom. The number of hydrogen-bond acceptors (Lipinski definition) is 4. The minimum Gasteiger partial charge on any atom is -0.432 e. The number of anilines is 2. The number of alkyl halides is 2. The Hall–Kier alpha value is -2.12. The van der Waals surface area contributed by atoms with Gasteiger partial charge in [0, 0.05) is 25.2 Å². The van der Waals surface area contributed by atoms with Crippen molar-refractivity contribution in [1.82, 2.24) is 0 Å². The summed E-state index contributed by atoms with van der Waals surface area (Å²) in [6, 6.07) is 2.06. The van der Waals surface area contributed by atoms with Crippen molar-refractivity contribution in [2.75, 3.05) is 23.7 Å². The van der Waals surface area contributed by atoms with E-state index in [1.807, 2.05) is 0 Å². The number of carbonyl (C=O) groups is 1. The van der Waals surface area contributed by atoms with Crippen molar-refractivity contribution in [2.45, 2.75) is 19.5 Å². The fourth-order valence-electron chi connectivity index (χ4n) is 2.45. The van der Waals surface area contributed by atoms with Gasteiger partial charge in [-0.25, -0.2) is 4.39 Å². The first kappa shape index (κ1) is 15.3. The summed E-state index contributed by atoms with van der Waals surface area (Å²) in [6.45, 7) is -2.23. The molecule has 1 aromatic rings. The molecule has 0 aliphatic carbocycles. The molecule has 116 valence electrons. The van der Waals surface area contributed by atoms with E-state index in [1.165, 1.54) is 0 Å². The molecule has 1 aliphatic heterocycles. The summed E-state index contributed by atoms with van der Waals surface area (Å²) in [5, 5.41) is 0. The number of nitrogens with zero attached hydrogens (tertiary/aromatic N) is 1. The van der Waals surface area contributed by atoms with Gasteiger partial charge in [-0.3, -0.25) is 4.79 Å². The third kappa shape index (κ3) is 3.50. The normalized spacial score (nSPS) is 18.9. The Balaban J connectivity index is 2.27. The van der Waals surface area contributed by atoms with E-state index in [0.717, 1.165) is 12.1 Å². The molecule has 1 atom stereocenters. The molecule has 0 bridgehead atoms. The van der Waals surface area contributed by atoms with E-state index >= 15 is 0 Å². The number of amides is 1. The van der Waals surface area contributed by atoms with Crippen LogP contribution in [0.5, 0.6) is 5.75 Å². The smallest absolute Gasteiger partial charge is 0.387 e. The lowest BCUT2D eigenvalue weighted by atomic mass is 9.97. The number of rotatable bonds is 4. The van der Waals surface area contributed by atoms with Gasteiger partial charge in [0.05, 0.1) is 17.3 Å². The van der Waals surface area contributed by atoms with Gasteiger partial charge < -0.3 is 21.1 Å². The maximum Gasteiger partial charge on any atom is 0.387 e. The molecule has 8 heteroatoms. The van der Waals surface area contributed by atoms with Crippen molar-refractivity contribution >= 4 is 17.3 Å². The lowest BCUT2D eigenvalue weighted by Crippen LogP contribution is -2.41. The van der Waals surface area contributed by atoms with Crippen LogP contribution < -0.4 is 21.1 Å². The van der Waals surface area contributed by atoms with Gasteiger partial charge in [-0.1, -0.05) is 0 Å². The molecule has 1 aromatic carbocycles. The van der Waals surface area contributed by atoms with Gasteiger partial charge in [0.25, 0.3) is 0 Å². The van der Waals surface area contributed by atoms with E-state index in [0.29, 0.717) is 31.6 Å². The number of nitrogen functional groups attached to an aromatic ring is 1. The van der Waals surface area contributed by atoms with Crippen LogP contribution in [0, 0.1) is 11.7 Å². The van der Waals surface area contributed by atoms with Crippen molar-refractivity contribution in [3.8, 4) is 5.75 Å². The minimum absolute atomic E-state index is 0.0965. The van der Waals surface area contributed by atoms with Crippen LogP contribution in [0.4, 0.5) is 24.5 Å². The standard InChI is InChI=1S/C13H16F3N3O2/c14-8-4-9(17)10(5-11(8)21-13(15)16)19-3-1-2-7(6-19)12(18)20/h4-5,7,13H,1-3,6,17H2,(H2,18,20). The predicted molar refractivity (Wildman–Crippen MR) is 71.6 cm³/mol. The lowest BCUT2D eigenvalue weighted by Gasteiger charge is -2.34. The van der Waals surface area contributed by atoms with Crippen LogP contribution in [0.15, 0.2) is 12.1 Å². The SMILES string of the molecule is NC(=O)C1CCCN(c2cc(OC(F)F)c(F)cc2N)C1. The first-order valence-corrected chi connectivity index (χ1v) is 6.46. The van der Waals surface area contributed by atoms with E-state index < -0.39 is 24.1 Å². The van der Waals surface area contributed by atoms with E-state index in [9.17, 15) is 18.0 Å². The van der Waals surface area contributed by atoms with Gasteiger partial charge in [0.2, 0.25) is 5.91 Å². The first-order chi connectivity index (χ1) is 9.88. The van der Waals surface area contributed by atoms with Gasteiger partial charge in [0.15, 0.2) is 11.6 Å². The zero-order valence-electron chi connectivity index (χ0n) is 11.2. The molecule has 0 radical (unpaired) electrons. The molecule has 1 amide bonds. The number of primary amides is 1. The van der Waals surface area contributed by atoms with E-state index in [2.05, 4.69) is 4.74 Å². The fourth-order valence-corrected chi connectivity index (χ4v) is 2.45. The predicted octanol–water partition coefficient (Wildman–Crippen LogP) is 1.71. The number of carbonyl (C=O) groups excluding carboxylic acids is 1. The molecule has 0 aromatic heterocycles. The summed E-state index contributed by atoms with van der Waals surface area (Å²) >= 11 is 0. The Labute approximate surface area is 119 Å². The molecule has 1 aliphatic rings. The van der Waals surface area contributed by atoms with Crippen molar-refractivity contribution in [3.63, 3.8) is 0 Å². The average Bonchev–Trinajstić information content (AvgIpc) is 2.41. The van der Waals surface area contributed by atoms with Crippen LogP contribution in [0.2, 0.25) is 0 Å². The van der Waals surface area contributed by atoms with Crippen LogP contribution >= 0.6 is 0 Å². The van der Waals surface area contributed by atoms with Crippen LogP contribution in [0.25, 0.3) is 0 Å². The molecule has 1 fully saturated rings. The summed E-state index contributed by atoms with van der Waals surface area (Å²) < 4.78 is 42.2. The van der Waals surface area contributed by atoms with Crippen LogP contribution in [0.3, 0.4) is 0 Å². The highest BCUT2D eigenvalue weighted by Gasteiger charge is 2.26. The van der Waals surface area contributed by atoms with E-state index in [1.54, 1.807) is 4.90 Å². The zero-order valence-corrected chi connectivity index (χ0v) is 11.2. The molecule has 1 heterocycles. The number of benzene rings is 1. The first-order valence-electron chi connectivity index (χ1n) is 6.46. The Kier molecular flexibility index (Phi) is 4.44. The Morgan fingerprint density at radius 2 is 2.14 bits per heavy atom. The molecule has 2 rings (SSSR count). The second kappa shape index (κ2) is 6.11. The summed E-state index contributed by atoms with van der Waals surface area (Å²) in [5.74, 6) is -2.30. The lowest BCUT2D eigenvalue weighted by molar-refractivity contribution is -0.122. The Morgan fingerprint density at radius 3 is 2.76 bits per heavy atom. The van der Waals surface area contributed by atoms with Crippen LogP contribution in [-0.4, -0.2) is 25.6 Å². The molecule has 21 heavy (non-hydrogen) atoms. The fraction of sp³-hybridized carbons (Fsp3) is 0.462. The molecule has 1 unspecified atom stereocenters. The second-order valence-electron chi connectivity index (χ2n) is 4.91. The highest BCUT2D eigenvalue weighted by molar-refractivity contribution is 5.78. The topological polar surface area (TPSA) is 81.6 Å². The third-order valence-corrected chi connectivity index (χ3v) is 3.46. The molecule has 0 saturated carbocycles. The van der Waals surface area contributed by atoms with Crippen molar-refractivity contribution in [1.29, 1.82) is 0 Å². The molecule has 1 saturated heterocycles. The molecule has 5 nitrogen and oxygen atoms in total. The number of halogens is 3. The summed E-state index contributed by atoms with van der Waals surface area (Å²) in [6.07, 6.45) is 1.36. The molecule has 0 spiro atoms. The maximum absolute atomic E-state index is 13.5. The number of ether oxygens (including phenoxy) is 1. The van der Waals surface area contributed by atoms with Gasteiger partial charge in [-0.15, -0.1) is 0 Å². The summed E-state index contributed by atoms with van der Waals surface area (Å²) in [4.78, 5) is 13.0. The number of piperidine rings is 1. The maximum atomic E-state index is 13.5. The molecular weight excluding hydrogens is 287 g/mol. The Bertz CT molecular complexity index is 540. The zero-order chi connectivity index (χ0) is 15.6. The van der Waals surface area contributed by atoms with Gasteiger partial charge in [-0.2, -0.15) is 8.78 Å². The number of nitrogens with two attached hydrogens (primary N) is 2. The van der Waals surface area contributed by atoms with Crippen LogP contribution in [0.1, 0.15) is 12.8 Å². The monoisotopic (exact) mass is 303 g/mol. The van der Waals surface area contributed by atoms with E-state index in [4.69, 9.17) is 11.5 Å². The van der Waals surface area contributed by atoms with Gasteiger partial charge >= 0.3 is 6.61 Å².